The Morgan fingerprint density at radius 3 is 2.00 bits per heavy atom. The zero-order valence-electron chi connectivity index (χ0n) is 10.8. The minimum absolute atomic E-state index is 0.534. The second-order valence-electron chi connectivity index (χ2n) is 7.01. The van der Waals surface area contributed by atoms with Crippen molar-refractivity contribution in [1.29, 1.82) is 0 Å². The van der Waals surface area contributed by atoms with Crippen LogP contribution < -0.4 is 0 Å². The van der Waals surface area contributed by atoms with Gasteiger partial charge in [0.25, 0.3) is 0 Å². The Hall–Kier alpha value is -0.0400. The van der Waals surface area contributed by atoms with Crippen molar-refractivity contribution in [2.75, 3.05) is 19.6 Å². The lowest BCUT2D eigenvalue weighted by molar-refractivity contribution is 0.0166. The number of nitrogens with zero attached hydrogens (tertiary/aromatic N) is 1. The molecule has 0 radical (unpaired) electrons. The zero-order chi connectivity index (χ0) is 10.9. The lowest BCUT2D eigenvalue weighted by atomic mass is 9.68. The van der Waals surface area contributed by atoms with Crippen molar-refractivity contribution in [2.24, 2.45) is 10.8 Å². The van der Waals surface area contributed by atoms with E-state index in [0.717, 1.165) is 5.41 Å². The van der Waals surface area contributed by atoms with Crippen molar-refractivity contribution < 1.29 is 0 Å². The van der Waals surface area contributed by atoms with Crippen LogP contribution in [0.25, 0.3) is 0 Å². The summed E-state index contributed by atoms with van der Waals surface area (Å²) in [6, 6.07) is 0. The van der Waals surface area contributed by atoms with Gasteiger partial charge >= 0.3 is 0 Å². The van der Waals surface area contributed by atoms with E-state index in [1.807, 2.05) is 0 Å². The molecule has 0 aromatic rings. The fraction of sp³-hybridized carbons (Fsp3) is 1.00. The van der Waals surface area contributed by atoms with Gasteiger partial charge in [0, 0.05) is 0 Å². The summed E-state index contributed by atoms with van der Waals surface area (Å²) in [5, 5.41) is 0. The van der Waals surface area contributed by atoms with Gasteiger partial charge in [0.1, 0.15) is 0 Å². The van der Waals surface area contributed by atoms with Gasteiger partial charge in [-0.2, -0.15) is 0 Å². The van der Waals surface area contributed by atoms with Crippen LogP contribution in [-0.2, 0) is 0 Å². The molecule has 3 saturated heterocycles. The van der Waals surface area contributed by atoms with Gasteiger partial charge in [-0.25, -0.2) is 0 Å². The fourth-order valence-electron chi connectivity index (χ4n) is 3.26. The maximum absolute atomic E-state index is 2.64. The maximum atomic E-state index is 2.64. The highest BCUT2D eigenvalue weighted by Gasteiger charge is 2.38. The highest BCUT2D eigenvalue weighted by molar-refractivity contribution is 4.91. The van der Waals surface area contributed by atoms with Crippen LogP contribution in [0, 0.1) is 10.8 Å². The molecule has 0 atom stereocenters. The average molecular weight is 209 g/mol. The van der Waals surface area contributed by atoms with Gasteiger partial charge in [-0.3, -0.25) is 0 Å². The number of hydrogen-bond donors (Lipinski definition) is 0. The first-order valence-electron chi connectivity index (χ1n) is 6.72. The maximum Gasteiger partial charge on any atom is -0.00134 e. The van der Waals surface area contributed by atoms with Gasteiger partial charge in [0.15, 0.2) is 0 Å². The van der Waals surface area contributed by atoms with E-state index in [2.05, 4.69) is 25.7 Å². The molecule has 0 aromatic carbocycles. The van der Waals surface area contributed by atoms with Crippen LogP contribution in [0.3, 0.4) is 0 Å². The summed E-state index contributed by atoms with van der Waals surface area (Å²) in [6.45, 7) is 11.3. The molecule has 3 aliphatic heterocycles. The molecule has 88 valence electrons. The number of hydrogen-bond acceptors (Lipinski definition) is 1. The van der Waals surface area contributed by atoms with Crippen molar-refractivity contribution in [2.45, 2.75) is 59.3 Å². The Labute approximate surface area is 95.2 Å². The number of fused-ring (bicyclic) bond motifs is 3. The number of rotatable bonds is 3. The molecule has 0 spiro atoms. The summed E-state index contributed by atoms with van der Waals surface area (Å²) in [6.07, 6.45) is 8.80. The standard InChI is InChI=1S/C14H27N/c1-13(2,3)5-4-6-14-7-10-15(11-8-14)12-9-14/h4-12H2,1-3H3. The molecule has 0 unspecified atom stereocenters. The van der Waals surface area contributed by atoms with Crippen molar-refractivity contribution in [3.8, 4) is 0 Å². The molecule has 3 rings (SSSR count). The van der Waals surface area contributed by atoms with E-state index < -0.39 is 0 Å². The van der Waals surface area contributed by atoms with Crippen molar-refractivity contribution in [3.63, 3.8) is 0 Å². The van der Waals surface area contributed by atoms with Crippen molar-refractivity contribution in [1.82, 2.24) is 4.90 Å². The summed E-state index contributed by atoms with van der Waals surface area (Å²) in [4.78, 5) is 2.64. The topological polar surface area (TPSA) is 3.24 Å². The van der Waals surface area contributed by atoms with Gasteiger partial charge in [-0.15, -0.1) is 0 Å². The molecule has 0 amide bonds. The summed E-state index contributed by atoms with van der Waals surface area (Å²) in [5.41, 5.74) is 1.30. The van der Waals surface area contributed by atoms with Crippen LogP contribution >= 0.6 is 0 Å². The Bertz CT molecular complexity index is 192. The van der Waals surface area contributed by atoms with Crippen LogP contribution in [0.5, 0.6) is 0 Å². The average Bonchev–Trinajstić information content (AvgIpc) is 2.18. The minimum atomic E-state index is 0.534. The molecular weight excluding hydrogens is 182 g/mol. The highest BCUT2D eigenvalue weighted by atomic mass is 15.1. The summed E-state index contributed by atoms with van der Waals surface area (Å²) >= 11 is 0. The summed E-state index contributed by atoms with van der Waals surface area (Å²) in [5.74, 6) is 0. The zero-order valence-corrected chi connectivity index (χ0v) is 10.8. The molecule has 3 heterocycles. The molecule has 0 N–H and O–H groups in total. The normalized spacial score (nSPS) is 35.8. The third kappa shape index (κ3) is 2.96. The predicted molar refractivity (Wildman–Crippen MR) is 66.0 cm³/mol. The van der Waals surface area contributed by atoms with Gasteiger partial charge < -0.3 is 4.90 Å². The van der Waals surface area contributed by atoms with Crippen molar-refractivity contribution in [3.05, 3.63) is 0 Å². The second-order valence-corrected chi connectivity index (χ2v) is 7.01. The van der Waals surface area contributed by atoms with Gasteiger partial charge in [0.2, 0.25) is 0 Å². The van der Waals surface area contributed by atoms with Crippen LogP contribution in [0.2, 0.25) is 0 Å². The first kappa shape index (κ1) is 11.4. The van der Waals surface area contributed by atoms with Gasteiger partial charge in [0.05, 0.1) is 0 Å². The van der Waals surface area contributed by atoms with Crippen molar-refractivity contribution >= 4 is 0 Å². The SMILES string of the molecule is CC(C)(C)CCCC12CCN(CC1)CC2. The summed E-state index contributed by atoms with van der Waals surface area (Å²) in [7, 11) is 0. The van der Waals surface area contributed by atoms with Crippen LogP contribution in [0.1, 0.15) is 59.3 Å². The minimum Gasteiger partial charge on any atom is -0.303 e. The van der Waals surface area contributed by atoms with E-state index >= 15 is 0 Å². The van der Waals surface area contributed by atoms with Crippen LogP contribution in [-0.4, -0.2) is 24.5 Å². The van der Waals surface area contributed by atoms with Crippen LogP contribution in [0.4, 0.5) is 0 Å². The van der Waals surface area contributed by atoms with E-state index in [1.165, 1.54) is 58.2 Å². The highest BCUT2D eigenvalue weighted by Crippen LogP contribution is 2.44. The Kier molecular flexibility index (Phi) is 3.12. The van der Waals surface area contributed by atoms with E-state index in [9.17, 15) is 0 Å². The van der Waals surface area contributed by atoms with E-state index in [0.29, 0.717) is 5.41 Å². The van der Waals surface area contributed by atoms with E-state index in [1.54, 1.807) is 0 Å². The molecule has 2 bridgehead atoms. The first-order chi connectivity index (χ1) is 6.99. The monoisotopic (exact) mass is 209 g/mol. The predicted octanol–water partition coefficient (Wildman–Crippen LogP) is 3.69. The smallest absolute Gasteiger partial charge is 0.00134 e. The van der Waals surface area contributed by atoms with E-state index in [4.69, 9.17) is 0 Å². The Morgan fingerprint density at radius 2 is 1.53 bits per heavy atom. The largest absolute Gasteiger partial charge is 0.303 e. The summed E-state index contributed by atoms with van der Waals surface area (Å²) < 4.78 is 0. The van der Waals surface area contributed by atoms with E-state index in [-0.39, 0.29) is 0 Å². The molecule has 3 fully saturated rings. The molecule has 0 aliphatic carbocycles. The Morgan fingerprint density at radius 1 is 1.00 bits per heavy atom. The second kappa shape index (κ2) is 4.08. The molecule has 0 aromatic heterocycles. The molecule has 1 nitrogen and oxygen atoms in total. The van der Waals surface area contributed by atoms with Gasteiger partial charge in [-0.05, 0) is 62.6 Å². The lowest BCUT2D eigenvalue weighted by Crippen LogP contribution is -2.48. The van der Waals surface area contributed by atoms with Crippen LogP contribution in [0.15, 0.2) is 0 Å². The first-order valence-corrected chi connectivity index (χ1v) is 6.72. The third-order valence-corrected chi connectivity index (χ3v) is 4.51. The molecule has 1 heteroatoms. The molecule has 0 saturated carbocycles. The number of piperidine rings is 3. The fourth-order valence-corrected chi connectivity index (χ4v) is 3.26. The lowest BCUT2D eigenvalue weighted by Gasteiger charge is -2.49. The molecule has 3 aliphatic rings. The Balaban J connectivity index is 1.78. The quantitative estimate of drug-likeness (QED) is 0.685. The molecular formula is C14H27N. The molecule has 15 heavy (non-hydrogen) atoms. The third-order valence-electron chi connectivity index (χ3n) is 4.51. The van der Waals surface area contributed by atoms with Gasteiger partial charge in [-0.1, -0.05) is 27.2 Å².